The second-order valence-corrected chi connectivity index (χ2v) is 9.11. The molecule has 11 heteroatoms. The summed E-state index contributed by atoms with van der Waals surface area (Å²) in [4.78, 5) is 11.7. The summed E-state index contributed by atoms with van der Waals surface area (Å²) in [5.74, 6) is -0.669. The summed E-state index contributed by atoms with van der Waals surface area (Å²) in [5, 5.41) is 15.2. The topological polar surface area (TPSA) is 117 Å². The van der Waals surface area contributed by atoms with E-state index >= 15 is 0 Å². The lowest BCUT2D eigenvalue weighted by Gasteiger charge is -2.15. The number of anilines is 2. The summed E-state index contributed by atoms with van der Waals surface area (Å²) in [6.45, 7) is 3.80. The van der Waals surface area contributed by atoms with E-state index in [2.05, 4.69) is 31.3 Å². The number of halogens is 2. The molecule has 4 N–H and O–H groups in total. The van der Waals surface area contributed by atoms with Crippen LogP contribution in [-0.4, -0.2) is 38.8 Å². The van der Waals surface area contributed by atoms with Crippen molar-refractivity contribution in [2.45, 2.75) is 24.8 Å². The highest BCUT2D eigenvalue weighted by Gasteiger charge is 2.25. The zero-order chi connectivity index (χ0) is 21.6. The fraction of sp³-hybridized carbons (Fsp3) is 0.278. The zero-order valence-electron chi connectivity index (χ0n) is 15.7. The average Bonchev–Trinajstić information content (AvgIpc) is 2.63. The van der Waals surface area contributed by atoms with Gasteiger partial charge >= 0.3 is 6.03 Å². The number of para-hydroxylation sites is 1. The van der Waals surface area contributed by atoms with Gasteiger partial charge in [-0.1, -0.05) is 23.7 Å². The Balaban J connectivity index is 2.17. The van der Waals surface area contributed by atoms with E-state index in [0.717, 1.165) is 0 Å². The van der Waals surface area contributed by atoms with Gasteiger partial charge < -0.3 is 20.5 Å². The predicted octanol–water partition coefficient (Wildman–Crippen LogP) is 4.16. The number of amides is 2. The molecule has 0 aromatic heterocycles. The summed E-state index contributed by atoms with van der Waals surface area (Å²) < 4.78 is 33.3. The quantitative estimate of drug-likeness (QED) is 0.317. The molecule has 2 rings (SSSR count). The van der Waals surface area contributed by atoms with Crippen molar-refractivity contribution in [2.24, 2.45) is 0 Å². The third-order valence-corrected chi connectivity index (χ3v) is 6.22. The third kappa shape index (κ3) is 6.58. The van der Waals surface area contributed by atoms with Crippen molar-refractivity contribution in [1.82, 2.24) is 4.72 Å². The Hall–Kier alpha value is -1.85. The number of phenolic OH excluding ortho intramolecular Hbond substituents is 1. The molecule has 0 aliphatic carbocycles. The van der Waals surface area contributed by atoms with E-state index in [1.165, 1.54) is 12.1 Å². The monoisotopic (exact) mass is 505 g/mol. The lowest BCUT2D eigenvalue weighted by Crippen LogP contribution is -2.29. The molecule has 0 radical (unpaired) electrons. The van der Waals surface area contributed by atoms with E-state index in [0.29, 0.717) is 10.2 Å². The van der Waals surface area contributed by atoms with E-state index < -0.39 is 26.7 Å². The van der Waals surface area contributed by atoms with E-state index in [-0.39, 0.29) is 30.0 Å². The van der Waals surface area contributed by atoms with Gasteiger partial charge in [-0.25, -0.2) is 17.9 Å². The van der Waals surface area contributed by atoms with Gasteiger partial charge in [-0.3, -0.25) is 0 Å². The first-order valence-electron chi connectivity index (χ1n) is 8.57. The minimum absolute atomic E-state index is 0.00351. The minimum Gasteiger partial charge on any atom is -0.504 e. The molecule has 2 amide bonds. The molecule has 0 heterocycles. The molecule has 0 saturated heterocycles. The van der Waals surface area contributed by atoms with Crippen molar-refractivity contribution < 1.29 is 23.1 Å². The Morgan fingerprint density at radius 3 is 2.48 bits per heavy atom. The Kier molecular flexibility index (Phi) is 8.29. The molecule has 0 bridgehead atoms. The molecule has 29 heavy (non-hydrogen) atoms. The van der Waals surface area contributed by atoms with Crippen LogP contribution in [-0.2, 0) is 14.8 Å². The van der Waals surface area contributed by atoms with Crippen LogP contribution in [0, 0.1) is 0 Å². The van der Waals surface area contributed by atoms with Crippen LogP contribution in [0.25, 0.3) is 0 Å². The summed E-state index contributed by atoms with van der Waals surface area (Å²) in [7, 11) is -4.13. The molecule has 0 aliphatic rings. The maximum Gasteiger partial charge on any atom is 0.323 e. The first-order chi connectivity index (χ1) is 13.6. The fourth-order valence-electron chi connectivity index (χ4n) is 2.28. The van der Waals surface area contributed by atoms with Crippen molar-refractivity contribution in [2.75, 3.05) is 23.8 Å². The maximum atomic E-state index is 12.5. The van der Waals surface area contributed by atoms with Crippen molar-refractivity contribution in [3.8, 4) is 5.75 Å². The van der Waals surface area contributed by atoms with E-state index in [9.17, 15) is 18.3 Å². The van der Waals surface area contributed by atoms with Gasteiger partial charge in [0, 0.05) is 11.0 Å². The van der Waals surface area contributed by atoms with Crippen LogP contribution in [0.5, 0.6) is 5.75 Å². The Morgan fingerprint density at radius 2 is 1.83 bits per heavy atom. The molecule has 8 nitrogen and oxygen atoms in total. The first kappa shape index (κ1) is 23.4. The van der Waals surface area contributed by atoms with Crippen LogP contribution < -0.4 is 15.4 Å². The number of aromatic hydroxyl groups is 1. The van der Waals surface area contributed by atoms with Crippen LogP contribution in [0.1, 0.15) is 13.8 Å². The number of rotatable bonds is 8. The van der Waals surface area contributed by atoms with Gasteiger partial charge in [0.1, 0.15) is 4.90 Å². The molecule has 0 saturated carbocycles. The predicted molar refractivity (Wildman–Crippen MR) is 116 cm³/mol. The number of hydrogen-bond donors (Lipinski definition) is 4. The molecule has 2 aromatic rings. The van der Waals surface area contributed by atoms with E-state index in [4.69, 9.17) is 16.3 Å². The highest BCUT2D eigenvalue weighted by Crippen LogP contribution is 2.36. The highest BCUT2D eigenvalue weighted by molar-refractivity contribution is 9.10. The molecule has 0 fully saturated rings. The van der Waals surface area contributed by atoms with Crippen LogP contribution in [0.3, 0.4) is 0 Å². The number of sulfonamides is 1. The second kappa shape index (κ2) is 10.3. The van der Waals surface area contributed by atoms with Crippen molar-refractivity contribution >= 4 is 55.0 Å². The SMILES string of the molecule is CC(C)OCCNS(=O)(=O)c1c(Cl)ccc(NC(=O)Nc2ccccc2Br)c1O. The minimum atomic E-state index is -4.13. The Morgan fingerprint density at radius 1 is 1.17 bits per heavy atom. The van der Waals surface area contributed by atoms with Crippen LogP contribution in [0.15, 0.2) is 45.8 Å². The number of phenols is 1. The van der Waals surface area contributed by atoms with Crippen molar-refractivity contribution in [1.29, 1.82) is 0 Å². The number of ether oxygens (including phenoxy) is 1. The molecule has 2 aromatic carbocycles. The van der Waals surface area contributed by atoms with Gasteiger partial charge in [-0.05, 0) is 54.0 Å². The molecule has 0 atom stereocenters. The van der Waals surface area contributed by atoms with Crippen LogP contribution in [0.2, 0.25) is 5.02 Å². The number of benzene rings is 2. The summed E-state index contributed by atoms with van der Waals surface area (Å²) in [6.07, 6.45) is -0.0489. The first-order valence-corrected chi connectivity index (χ1v) is 11.2. The van der Waals surface area contributed by atoms with Crippen molar-refractivity contribution in [3.05, 3.63) is 45.9 Å². The standard InChI is InChI=1S/C18H21BrClN3O5S/c1-11(2)28-10-9-21-29(26,27)17-13(20)7-8-15(16(17)24)23-18(25)22-14-6-4-3-5-12(14)19/h3-8,11,21,24H,9-10H2,1-2H3,(H2,22,23,25). The second-order valence-electron chi connectivity index (χ2n) is 6.15. The Bertz CT molecular complexity index is 985. The maximum absolute atomic E-state index is 12.5. The van der Waals surface area contributed by atoms with Gasteiger partial charge in [0.25, 0.3) is 0 Å². The Labute approximate surface area is 182 Å². The fourth-order valence-corrected chi connectivity index (χ4v) is 4.31. The lowest BCUT2D eigenvalue weighted by atomic mass is 10.3. The number of carbonyl (C=O) groups is 1. The molecular weight excluding hydrogens is 486 g/mol. The van der Waals surface area contributed by atoms with Crippen molar-refractivity contribution in [3.63, 3.8) is 0 Å². The summed E-state index contributed by atoms with van der Waals surface area (Å²) >= 11 is 9.29. The molecule has 0 unspecified atom stereocenters. The van der Waals surface area contributed by atoms with Gasteiger partial charge in [0.15, 0.2) is 5.75 Å². The summed E-state index contributed by atoms with van der Waals surface area (Å²) in [5.41, 5.74) is 0.385. The average molecular weight is 507 g/mol. The number of nitrogens with one attached hydrogen (secondary N) is 3. The van der Waals surface area contributed by atoms with E-state index in [1.807, 2.05) is 13.8 Å². The highest BCUT2D eigenvalue weighted by atomic mass is 79.9. The molecule has 158 valence electrons. The number of hydrogen-bond acceptors (Lipinski definition) is 5. The van der Waals surface area contributed by atoms with Crippen LogP contribution >= 0.6 is 27.5 Å². The number of carbonyl (C=O) groups excluding carboxylic acids is 1. The largest absolute Gasteiger partial charge is 0.504 e. The van der Waals surface area contributed by atoms with Gasteiger partial charge in [-0.15, -0.1) is 0 Å². The van der Waals surface area contributed by atoms with Gasteiger partial charge in [-0.2, -0.15) is 0 Å². The molecular formula is C18H21BrClN3O5S. The molecule has 0 aliphatic heterocycles. The van der Waals surface area contributed by atoms with Gasteiger partial charge in [0.2, 0.25) is 10.0 Å². The van der Waals surface area contributed by atoms with Crippen LogP contribution in [0.4, 0.5) is 16.2 Å². The summed E-state index contributed by atoms with van der Waals surface area (Å²) in [6, 6.07) is 8.84. The van der Waals surface area contributed by atoms with Gasteiger partial charge in [0.05, 0.1) is 29.1 Å². The smallest absolute Gasteiger partial charge is 0.323 e. The normalized spacial score (nSPS) is 11.5. The van der Waals surface area contributed by atoms with E-state index in [1.54, 1.807) is 24.3 Å². The zero-order valence-corrected chi connectivity index (χ0v) is 18.9. The third-order valence-electron chi connectivity index (χ3n) is 3.57. The lowest BCUT2D eigenvalue weighted by molar-refractivity contribution is 0.0834. The molecule has 0 spiro atoms. The number of urea groups is 1.